The van der Waals surface area contributed by atoms with Crippen LogP contribution in [-0.2, 0) is 36.9 Å². The van der Waals surface area contributed by atoms with Crippen LogP contribution in [0, 0.1) is 11.8 Å². The van der Waals surface area contributed by atoms with Gasteiger partial charge < -0.3 is 25.2 Å². The average molecular weight is 537 g/mol. The van der Waals surface area contributed by atoms with Crippen molar-refractivity contribution >= 4 is 17.8 Å². The molecule has 1 heterocycles. The number of ether oxygens (including phenoxy) is 2. The summed E-state index contributed by atoms with van der Waals surface area (Å²) in [6.07, 6.45) is 6.05. The molecule has 0 unspecified atom stereocenters. The lowest BCUT2D eigenvalue weighted by Gasteiger charge is -2.23. The van der Waals surface area contributed by atoms with E-state index in [-0.39, 0.29) is 49.9 Å². The molecule has 0 saturated heterocycles. The normalized spacial score (nSPS) is 21.4. The van der Waals surface area contributed by atoms with Gasteiger partial charge in [0.2, 0.25) is 11.8 Å². The summed E-state index contributed by atoms with van der Waals surface area (Å²) in [5, 5.41) is 14.9. The van der Waals surface area contributed by atoms with Crippen LogP contribution in [0.4, 0.5) is 0 Å². The van der Waals surface area contributed by atoms with E-state index in [9.17, 15) is 19.5 Å². The number of rotatable bonds is 10. The van der Waals surface area contributed by atoms with Crippen LogP contribution in [0.25, 0.3) is 0 Å². The molecule has 2 aromatic carbocycles. The van der Waals surface area contributed by atoms with E-state index in [1.165, 1.54) is 0 Å². The molecule has 1 aliphatic rings. The van der Waals surface area contributed by atoms with Gasteiger partial charge in [-0.05, 0) is 43.7 Å². The Labute approximate surface area is 230 Å². The highest BCUT2D eigenvalue weighted by molar-refractivity contribution is 5.86. The zero-order chi connectivity index (χ0) is 27.9. The number of hydrogen-bond acceptors (Lipinski definition) is 6. The molecule has 210 valence electrons. The first-order valence-electron chi connectivity index (χ1n) is 13.6. The first-order valence-corrected chi connectivity index (χ1v) is 13.6. The topological polar surface area (TPSA) is 114 Å². The molecule has 3 N–H and O–H groups in total. The number of aliphatic hydroxyl groups is 1. The molecule has 0 aromatic heterocycles. The van der Waals surface area contributed by atoms with Gasteiger partial charge in [-0.1, -0.05) is 72.8 Å². The number of esters is 1. The Morgan fingerprint density at radius 3 is 2.44 bits per heavy atom. The van der Waals surface area contributed by atoms with Crippen molar-refractivity contribution in [2.45, 2.75) is 57.7 Å². The molecule has 2 aromatic rings. The fraction of sp³-hybridized carbons (Fsp3) is 0.452. The molecule has 0 fully saturated rings. The van der Waals surface area contributed by atoms with Crippen molar-refractivity contribution in [2.75, 3.05) is 19.8 Å². The average Bonchev–Trinajstić information content (AvgIpc) is 2.95. The largest absolute Gasteiger partial charge is 0.463 e. The summed E-state index contributed by atoms with van der Waals surface area (Å²) in [5.41, 5.74) is 2.05. The van der Waals surface area contributed by atoms with E-state index in [1.807, 2.05) is 72.8 Å². The molecule has 1 aliphatic heterocycles. The van der Waals surface area contributed by atoms with Crippen molar-refractivity contribution in [3.05, 3.63) is 83.9 Å². The van der Waals surface area contributed by atoms with Crippen LogP contribution < -0.4 is 10.6 Å². The Morgan fingerprint density at radius 1 is 1.05 bits per heavy atom. The standard InChI is InChI=1S/C31H40N2O6/c1-23(19-34)32-29(35)18-26-15-9-4-10-16-27(17-24-11-5-2-6-12-24)31(37)39-22-28(33-30(26)36)21-38-20-25-13-7-3-8-14-25/h2-9,11-14,23,26-28,34H,10,15-22H2,1H3,(H,32,35)(H,33,36)/t23-,26-,27-,28+/m1/s1. The van der Waals surface area contributed by atoms with Gasteiger partial charge in [-0.15, -0.1) is 0 Å². The van der Waals surface area contributed by atoms with E-state index >= 15 is 0 Å². The van der Waals surface area contributed by atoms with Gasteiger partial charge in [-0.25, -0.2) is 0 Å². The number of nitrogens with one attached hydrogen (secondary N) is 2. The van der Waals surface area contributed by atoms with Crippen molar-refractivity contribution in [3.8, 4) is 0 Å². The van der Waals surface area contributed by atoms with Gasteiger partial charge in [0.05, 0.1) is 37.7 Å². The Bertz CT molecular complexity index is 1060. The van der Waals surface area contributed by atoms with Gasteiger partial charge in [0.15, 0.2) is 0 Å². The quantitative estimate of drug-likeness (QED) is 0.317. The van der Waals surface area contributed by atoms with Crippen LogP contribution in [0.15, 0.2) is 72.8 Å². The molecule has 8 heteroatoms. The summed E-state index contributed by atoms with van der Waals surface area (Å²) in [6.45, 7) is 1.99. The van der Waals surface area contributed by atoms with Crippen LogP contribution in [0.2, 0.25) is 0 Å². The second-order valence-electron chi connectivity index (χ2n) is 10.1. The zero-order valence-corrected chi connectivity index (χ0v) is 22.6. The van der Waals surface area contributed by atoms with E-state index in [2.05, 4.69) is 10.6 Å². The molecule has 8 nitrogen and oxygen atoms in total. The van der Waals surface area contributed by atoms with Crippen LogP contribution in [0.5, 0.6) is 0 Å². The Morgan fingerprint density at radius 2 is 1.74 bits per heavy atom. The number of carbonyl (C=O) groups excluding carboxylic acids is 3. The molecule has 0 radical (unpaired) electrons. The number of amides is 2. The van der Waals surface area contributed by atoms with Crippen molar-refractivity contribution in [3.63, 3.8) is 0 Å². The summed E-state index contributed by atoms with van der Waals surface area (Å²) in [7, 11) is 0. The number of cyclic esters (lactones) is 1. The molecule has 0 bridgehead atoms. The maximum atomic E-state index is 13.3. The summed E-state index contributed by atoms with van der Waals surface area (Å²) in [5.74, 6) is -1.85. The van der Waals surface area contributed by atoms with Crippen LogP contribution in [-0.4, -0.2) is 54.8 Å². The van der Waals surface area contributed by atoms with E-state index in [0.29, 0.717) is 32.3 Å². The lowest BCUT2D eigenvalue weighted by atomic mass is 9.94. The minimum Gasteiger partial charge on any atom is -0.463 e. The Kier molecular flexibility index (Phi) is 12.7. The molecule has 39 heavy (non-hydrogen) atoms. The van der Waals surface area contributed by atoms with E-state index in [4.69, 9.17) is 9.47 Å². The molecule has 0 saturated carbocycles. The van der Waals surface area contributed by atoms with Gasteiger partial charge in [0, 0.05) is 12.5 Å². The van der Waals surface area contributed by atoms with Crippen LogP contribution in [0.1, 0.15) is 43.7 Å². The predicted octanol–water partition coefficient (Wildman–Crippen LogP) is 3.33. The van der Waals surface area contributed by atoms with Gasteiger partial charge in [0.1, 0.15) is 6.61 Å². The van der Waals surface area contributed by atoms with Crippen LogP contribution >= 0.6 is 0 Å². The second-order valence-corrected chi connectivity index (χ2v) is 10.1. The number of benzene rings is 2. The molecule has 0 aliphatic carbocycles. The monoisotopic (exact) mass is 536 g/mol. The molecular formula is C31H40N2O6. The third-order valence-corrected chi connectivity index (χ3v) is 6.61. The first kappa shape index (κ1) is 30.1. The predicted molar refractivity (Wildman–Crippen MR) is 148 cm³/mol. The minimum absolute atomic E-state index is 0.0193. The SMILES string of the molecule is C[C@H](CO)NC(=O)C[C@H]1CC=CCC[C@H](Cc2ccccc2)C(=O)OC[C@H](COCc2ccccc2)NC1=O. The van der Waals surface area contributed by atoms with Crippen molar-refractivity contribution in [2.24, 2.45) is 11.8 Å². The molecule has 3 rings (SSSR count). The summed E-state index contributed by atoms with van der Waals surface area (Å²) >= 11 is 0. The van der Waals surface area contributed by atoms with Gasteiger partial charge in [0.25, 0.3) is 0 Å². The Balaban J connectivity index is 1.72. The summed E-state index contributed by atoms with van der Waals surface area (Å²) < 4.78 is 11.6. The molecule has 4 atom stereocenters. The van der Waals surface area contributed by atoms with Gasteiger partial charge >= 0.3 is 5.97 Å². The smallest absolute Gasteiger partial charge is 0.309 e. The maximum Gasteiger partial charge on any atom is 0.309 e. The third kappa shape index (κ3) is 11.0. The first-order chi connectivity index (χ1) is 18.9. The summed E-state index contributed by atoms with van der Waals surface area (Å²) in [6, 6.07) is 18.5. The van der Waals surface area contributed by atoms with Gasteiger partial charge in [-0.3, -0.25) is 14.4 Å². The molecular weight excluding hydrogens is 496 g/mol. The number of hydrogen-bond donors (Lipinski definition) is 3. The van der Waals surface area contributed by atoms with E-state index < -0.39 is 18.0 Å². The number of aliphatic hydroxyl groups excluding tert-OH is 1. The second kappa shape index (κ2) is 16.5. The highest BCUT2D eigenvalue weighted by atomic mass is 16.5. The van der Waals surface area contributed by atoms with Gasteiger partial charge in [-0.2, -0.15) is 0 Å². The fourth-order valence-corrected chi connectivity index (χ4v) is 4.41. The lowest BCUT2D eigenvalue weighted by Crippen LogP contribution is -2.46. The van der Waals surface area contributed by atoms with E-state index in [0.717, 1.165) is 11.1 Å². The van der Waals surface area contributed by atoms with Crippen molar-refractivity contribution in [1.82, 2.24) is 10.6 Å². The van der Waals surface area contributed by atoms with Crippen molar-refractivity contribution in [1.29, 1.82) is 0 Å². The van der Waals surface area contributed by atoms with Crippen LogP contribution in [0.3, 0.4) is 0 Å². The molecule has 0 spiro atoms. The minimum atomic E-state index is -0.611. The summed E-state index contributed by atoms with van der Waals surface area (Å²) in [4.78, 5) is 38.9. The zero-order valence-electron chi connectivity index (χ0n) is 22.6. The number of allylic oxidation sites excluding steroid dienone is 2. The van der Waals surface area contributed by atoms with Crippen molar-refractivity contribution < 1.29 is 29.0 Å². The fourth-order valence-electron chi connectivity index (χ4n) is 4.41. The maximum absolute atomic E-state index is 13.3. The lowest BCUT2D eigenvalue weighted by molar-refractivity contribution is -0.150. The Hall–Kier alpha value is -3.49. The van der Waals surface area contributed by atoms with E-state index in [1.54, 1.807) is 6.92 Å². The highest BCUT2D eigenvalue weighted by Gasteiger charge is 2.27. The third-order valence-electron chi connectivity index (χ3n) is 6.61. The highest BCUT2D eigenvalue weighted by Crippen LogP contribution is 2.19. The molecule has 2 amide bonds. The number of carbonyl (C=O) groups is 3.